The monoisotopic (exact) mass is 285 g/mol. The van der Waals surface area contributed by atoms with Crippen LogP contribution in [0.25, 0.3) is 0 Å². The van der Waals surface area contributed by atoms with Gasteiger partial charge in [-0.15, -0.1) is 0 Å². The van der Waals surface area contributed by atoms with E-state index >= 15 is 0 Å². The third-order valence-corrected chi connectivity index (χ3v) is 5.70. The maximum atomic E-state index is 13.1. The van der Waals surface area contributed by atoms with E-state index in [-0.39, 0.29) is 4.90 Å². The molecule has 0 bridgehead atoms. The minimum absolute atomic E-state index is 0.0565. The van der Waals surface area contributed by atoms with Crippen molar-refractivity contribution >= 4 is 10.0 Å². The minimum atomic E-state index is -3.62. The zero-order valence-electron chi connectivity index (χ0n) is 10.5. The summed E-state index contributed by atoms with van der Waals surface area (Å²) in [5, 5.41) is 0. The average Bonchev–Trinajstić information content (AvgIpc) is 2.85. The lowest BCUT2D eigenvalue weighted by Gasteiger charge is -2.36. The quantitative estimate of drug-likeness (QED) is 0.802. The molecule has 2 saturated heterocycles. The highest BCUT2D eigenvalue weighted by Crippen LogP contribution is 2.25. The Balaban J connectivity index is 1.85. The summed E-state index contributed by atoms with van der Waals surface area (Å²) in [6.07, 6.45) is 4.38. The van der Waals surface area contributed by atoms with E-state index < -0.39 is 15.8 Å². The molecule has 3 rings (SSSR count). The Morgan fingerprint density at radius 3 is 2.89 bits per heavy atom. The van der Waals surface area contributed by atoms with Crippen LogP contribution in [0.1, 0.15) is 12.8 Å². The highest BCUT2D eigenvalue weighted by atomic mass is 32.2. The third-order valence-electron chi connectivity index (χ3n) is 3.87. The van der Waals surface area contributed by atoms with Gasteiger partial charge in [0.25, 0.3) is 0 Å². The number of aromatic nitrogens is 1. The van der Waals surface area contributed by atoms with Gasteiger partial charge < -0.3 is 0 Å². The number of piperazine rings is 1. The topological polar surface area (TPSA) is 53.5 Å². The first kappa shape index (κ1) is 13.0. The summed E-state index contributed by atoms with van der Waals surface area (Å²) in [4.78, 5) is 5.89. The van der Waals surface area contributed by atoms with E-state index in [0.29, 0.717) is 19.1 Å². The predicted molar refractivity (Wildman–Crippen MR) is 67.5 cm³/mol. The minimum Gasteiger partial charge on any atom is -0.298 e. The molecule has 0 radical (unpaired) electrons. The number of pyridine rings is 1. The molecule has 0 saturated carbocycles. The van der Waals surface area contributed by atoms with Crippen LogP contribution in [-0.2, 0) is 10.0 Å². The second-order valence-electron chi connectivity index (χ2n) is 5.03. The first-order chi connectivity index (χ1) is 9.07. The van der Waals surface area contributed by atoms with Crippen molar-refractivity contribution in [3.63, 3.8) is 0 Å². The second kappa shape index (κ2) is 4.81. The fraction of sp³-hybridized carbons (Fsp3) is 0.583. The van der Waals surface area contributed by atoms with Crippen LogP contribution in [0.5, 0.6) is 0 Å². The summed E-state index contributed by atoms with van der Waals surface area (Å²) in [5.41, 5.74) is 0. The Kier molecular flexibility index (Phi) is 3.28. The lowest BCUT2D eigenvalue weighted by atomic mass is 10.2. The van der Waals surface area contributed by atoms with Crippen molar-refractivity contribution in [1.29, 1.82) is 0 Å². The standard InChI is InChI=1S/C12H16FN3O2S/c13-10-6-12(8-14-7-10)19(17,18)16-5-4-15-3-1-2-11(15)9-16/h6-8,11H,1-5,9H2/t11-/m0/s1. The van der Waals surface area contributed by atoms with E-state index in [2.05, 4.69) is 9.88 Å². The van der Waals surface area contributed by atoms with Crippen LogP contribution >= 0.6 is 0 Å². The van der Waals surface area contributed by atoms with Crippen molar-refractivity contribution in [3.8, 4) is 0 Å². The van der Waals surface area contributed by atoms with Crippen LogP contribution in [0.4, 0.5) is 4.39 Å². The molecule has 0 unspecified atom stereocenters. The van der Waals surface area contributed by atoms with Gasteiger partial charge in [0.1, 0.15) is 10.7 Å². The molecular weight excluding hydrogens is 269 g/mol. The molecule has 2 fully saturated rings. The van der Waals surface area contributed by atoms with Gasteiger partial charge in [-0.2, -0.15) is 4.31 Å². The highest BCUT2D eigenvalue weighted by Gasteiger charge is 2.36. The summed E-state index contributed by atoms with van der Waals surface area (Å²) in [7, 11) is -3.62. The molecular formula is C12H16FN3O2S. The maximum absolute atomic E-state index is 13.1. The van der Waals surface area contributed by atoms with E-state index in [1.54, 1.807) is 0 Å². The van der Waals surface area contributed by atoms with Crippen molar-refractivity contribution in [3.05, 3.63) is 24.3 Å². The number of fused-ring (bicyclic) bond motifs is 1. The molecule has 0 aliphatic carbocycles. The number of sulfonamides is 1. The number of halogens is 1. The number of hydrogen-bond acceptors (Lipinski definition) is 4. The van der Waals surface area contributed by atoms with E-state index in [1.165, 1.54) is 10.5 Å². The summed E-state index contributed by atoms with van der Waals surface area (Å²) in [5.74, 6) is -0.624. The molecule has 7 heteroatoms. The second-order valence-corrected chi connectivity index (χ2v) is 6.97. The molecule has 5 nitrogen and oxygen atoms in total. The van der Waals surface area contributed by atoms with E-state index in [4.69, 9.17) is 0 Å². The zero-order chi connectivity index (χ0) is 13.5. The first-order valence-electron chi connectivity index (χ1n) is 6.42. The molecule has 104 valence electrons. The Labute approximate surface area is 112 Å². The van der Waals surface area contributed by atoms with Gasteiger partial charge in [-0.3, -0.25) is 9.88 Å². The zero-order valence-corrected chi connectivity index (χ0v) is 11.3. The lowest BCUT2D eigenvalue weighted by molar-refractivity contribution is 0.158. The number of nitrogens with zero attached hydrogens (tertiary/aromatic N) is 3. The SMILES string of the molecule is O=S(=O)(c1cncc(F)c1)N1CCN2CCC[C@H]2C1. The van der Waals surface area contributed by atoms with Gasteiger partial charge in [0.05, 0.1) is 6.20 Å². The van der Waals surface area contributed by atoms with Crippen molar-refractivity contribution in [2.45, 2.75) is 23.8 Å². The molecule has 0 amide bonds. The molecule has 0 aromatic carbocycles. The van der Waals surface area contributed by atoms with Gasteiger partial charge in [-0.1, -0.05) is 0 Å². The summed E-state index contributed by atoms with van der Waals surface area (Å²) in [6, 6.07) is 1.34. The number of rotatable bonds is 2. The van der Waals surface area contributed by atoms with Crippen LogP contribution in [0, 0.1) is 5.82 Å². The first-order valence-corrected chi connectivity index (χ1v) is 7.86. The highest BCUT2D eigenvalue weighted by molar-refractivity contribution is 7.89. The van der Waals surface area contributed by atoms with Crippen molar-refractivity contribution < 1.29 is 12.8 Å². The molecule has 1 atom stereocenters. The fourth-order valence-electron chi connectivity index (χ4n) is 2.86. The van der Waals surface area contributed by atoms with Crippen LogP contribution in [-0.4, -0.2) is 54.8 Å². The fourth-order valence-corrected chi connectivity index (χ4v) is 4.31. The lowest BCUT2D eigenvalue weighted by Crippen LogP contribution is -2.51. The molecule has 1 aromatic rings. The van der Waals surface area contributed by atoms with Crippen LogP contribution in [0.3, 0.4) is 0 Å². The van der Waals surface area contributed by atoms with Crippen molar-refractivity contribution in [2.24, 2.45) is 0 Å². The third kappa shape index (κ3) is 2.37. The van der Waals surface area contributed by atoms with Gasteiger partial charge in [0, 0.05) is 31.9 Å². The van der Waals surface area contributed by atoms with Gasteiger partial charge in [0.2, 0.25) is 10.0 Å². The van der Waals surface area contributed by atoms with Crippen LogP contribution in [0.2, 0.25) is 0 Å². The maximum Gasteiger partial charge on any atom is 0.244 e. The van der Waals surface area contributed by atoms with Crippen LogP contribution < -0.4 is 0 Å². The van der Waals surface area contributed by atoms with Crippen molar-refractivity contribution in [1.82, 2.24) is 14.2 Å². The van der Waals surface area contributed by atoms with Gasteiger partial charge in [0.15, 0.2) is 0 Å². The Hall–Kier alpha value is -1.05. The average molecular weight is 285 g/mol. The van der Waals surface area contributed by atoms with E-state index in [0.717, 1.165) is 38.2 Å². The summed E-state index contributed by atoms with van der Waals surface area (Å²) in [6.45, 7) is 2.78. The van der Waals surface area contributed by atoms with Gasteiger partial charge >= 0.3 is 0 Å². The number of hydrogen-bond donors (Lipinski definition) is 0. The van der Waals surface area contributed by atoms with Crippen LogP contribution in [0.15, 0.2) is 23.4 Å². The largest absolute Gasteiger partial charge is 0.298 e. The predicted octanol–water partition coefficient (Wildman–Crippen LogP) is 0.689. The Bertz CT molecular complexity index is 578. The normalized spacial score (nSPS) is 25.4. The molecule has 0 spiro atoms. The molecule has 1 aromatic heterocycles. The molecule has 2 aliphatic rings. The summed E-state index contributed by atoms with van der Waals surface area (Å²) >= 11 is 0. The smallest absolute Gasteiger partial charge is 0.244 e. The van der Waals surface area contributed by atoms with E-state index in [1.807, 2.05) is 0 Å². The molecule has 2 aliphatic heterocycles. The van der Waals surface area contributed by atoms with E-state index in [9.17, 15) is 12.8 Å². The molecule has 3 heterocycles. The molecule has 0 N–H and O–H groups in total. The van der Waals surface area contributed by atoms with Crippen molar-refractivity contribution in [2.75, 3.05) is 26.2 Å². The van der Waals surface area contributed by atoms with Gasteiger partial charge in [-0.25, -0.2) is 12.8 Å². The molecule has 19 heavy (non-hydrogen) atoms. The Morgan fingerprint density at radius 2 is 2.11 bits per heavy atom. The summed E-state index contributed by atoms with van der Waals surface area (Å²) < 4.78 is 39.4. The van der Waals surface area contributed by atoms with Gasteiger partial charge in [-0.05, 0) is 25.5 Å². The Morgan fingerprint density at radius 1 is 1.26 bits per heavy atom.